The van der Waals surface area contributed by atoms with Gasteiger partial charge in [-0.2, -0.15) is 0 Å². The number of carbonyl (C=O) groups excluding carboxylic acids is 1. The number of amides is 2. The molecule has 0 unspecified atom stereocenters. The van der Waals surface area contributed by atoms with Crippen LogP contribution in [0.25, 0.3) is 0 Å². The number of benzene rings is 2. The second-order valence-corrected chi connectivity index (χ2v) is 8.64. The predicted molar refractivity (Wildman–Crippen MR) is 96.1 cm³/mol. The summed E-state index contributed by atoms with van der Waals surface area (Å²) in [6.45, 7) is 0. The molecule has 4 rings (SSSR count). The van der Waals surface area contributed by atoms with Gasteiger partial charge < -0.3 is 0 Å². The second-order valence-electron chi connectivity index (χ2n) is 6.48. The first-order chi connectivity index (χ1) is 12.8. The number of nitro benzene ring substituents is 1. The average Bonchev–Trinajstić information content (AvgIpc) is 3.05. The molecule has 2 aromatic carbocycles. The van der Waals surface area contributed by atoms with E-state index in [-0.39, 0.29) is 17.2 Å². The number of halogens is 1. The Morgan fingerprint density at radius 2 is 1.37 bits per heavy atom. The van der Waals surface area contributed by atoms with E-state index in [1.807, 2.05) is 0 Å². The Bertz CT molecular complexity index is 1020. The first-order valence-corrected chi connectivity index (χ1v) is 9.92. The van der Waals surface area contributed by atoms with E-state index in [1.165, 1.54) is 58.3 Å². The Kier molecular flexibility index (Phi) is 3.88. The van der Waals surface area contributed by atoms with Gasteiger partial charge in [-0.3, -0.25) is 19.9 Å². The normalized spacial score (nSPS) is 23.5. The summed E-state index contributed by atoms with van der Waals surface area (Å²) in [6.07, 6.45) is 0. The molecule has 0 aliphatic carbocycles. The van der Waals surface area contributed by atoms with Crippen LogP contribution < -0.4 is 9.80 Å². The standard InChI is InChI=1S/C17H14FN3O5S/c18-11-1-3-12(4-2-11)19-15-9-27(25,26)10-16(15)20(17(19)22)13-5-7-14(8-6-13)21(23)24/h1-8,15-16H,9-10H2/t15-,16+/m0/s1. The van der Waals surface area contributed by atoms with Crippen molar-refractivity contribution in [2.45, 2.75) is 12.1 Å². The van der Waals surface area contributed by atoms with Crippen molar-refractivity contribution in [2.75, 3.05) is 21.3 Å². The van der Waals surface area contributed by atoms with E-state index >= 15 is 0 Å². The van der Waals surface area contributed by atoms with Gasteiger partial charge in [-0.15, -0.1) is 0 Å². The summed E-state index contributed by atoms with van der Waals surface area (Å²) >= 11 is 0. The third kappa shape index (κ3) is 2.91. The molecule has 2 heterocycles. The van der Waals surface area contributed by atoms with Crippen LogP contribution in [-0.2, 0) is 9.84 Å². The number of fused-ring (bicyclic) bond motifs is 1. The number of hydrogen-bond donors (Lipinski definition) is 0. The molecule has 0 saturated carbocycles. The predicted octanol–water partition coefficient (Wildman–Crippen LogP) is 2.35. The summed E-state index contributed by atoms with van der Waals surface area (Å²) in [7, 11) is -3.36. The monoisotopic (exact) mass is 391 g/mol. The molecule has 0 spiro atoms. The number of rotatable bonds is 3. The van der Waals surface area contributed by atoms with E-state index in [2.05, 4.69) is 0 Å². The number of hydrogen-bond acceptors (Lipinski definition) is 5. The molecule has 0 bridgehead atoms. The van der Waals surface area contributed by atoms with E-state index in [4.69, 9.17) is 0 Å². The van der Waals surface area contributed by atoms with Crippen molar-refractivity contribution >= 4 is 32.9 Å². The van der Waals surface area contributed by atoms with Crippen LogP contribution in [0.4, 0.5) is 26.2 Å². The molecule has 2 atom stereocenters. The molecular formula is C17H14FN3O5S. The van der Waals surface area contributed by atoms with Crippen molar-refractivity contribution < 1.29 is 22.5 Å². The molecule has 2 saturated heterocycles. The number of non-ortho nitro benzene ring substituents is 1. The Morgan fingerprint density at radius 1 is 0.926 bits per heavy atom. The molecular weight excluding hydrogens is 377 g/mol. The average molecular weight is 391 g/mol. The topological polar surface area (TPSA) is 101 Å². The lowest BCUT2D eigenvalue weighted by Crippen LogP contribution is -2.37. The molecule has 10 heteroatoms. The van der Waals surface area contributed by atoms with Crippen LogP contribution in [0.1, 0.15) is 0 Å². The zero-order chi connectivity index (χ0) is 19.3. The van der Waals surface area contributed by atoms with Crippen LogP contribution in [0.5, 0.6) is 0 Å². The third-order valence-electron chi connectivity index (χ3n) is 4.81. The zero-order valence-electron chi connectivity index (χ0n) is 13.9. The van der Waals surface area contributed by atoms with E-state index in [0.29, 0.717) is 11.4 Å². The Morgan fingerprint density at radius 3 is 1.81 bits per heavy atom. The maximum atomic E-state index is 13.2. The summed E-state index contributed by atoms with van der Waals surface area (Å²) in [4.78, 5) is 26.1. The Balaban J connectivity index is 1.76. The van der Waals surface area contributed by atoms with Gasteiger partial charge in [-0.25, -0.2) is 17.6 Å². The highest BCUT2D eigenvalue weighted by atomic mass is 32.2. The second kappa shape index (κ2) is 6.02. The van der Waals surface area contributed by atoms with Crippen molar-refractivity contribution in [3.63, 3.8) is 0 Å². The van der Waals surface area contributed by atoms with Gasteiger partial charge in [-0.1, -0.05) is 0 Å². The van der Waals surface area contributed by atoms with Crippen LogP contribution in [0, 0.1) is 15.9 Å². The van der Waals surface area contributed by atoms with Crippen molar-refractivity contribution in [3.8, 4) is 0 Å². The van der Waals surface area contributed by atoms with Gasteiger partial charge in [0.1, 0.15) is 5.82 Å². The Hall–Kier alpha value is -3.01. The number of sulfone groups is 1. The summed E-state index contributed by atoms with van der Waals surface area (Å²) in [5.74, 6) is -0.851. The minimum absolute atomic E-state index is 0.128. The SMILES string of the molecule is O=C1N(c2ccc([N+](=O)[O-])cc2)[C@@H]2CS(=O)(=O)C[C@@H]2N1c1ccc(F)cc1. The molecule has 0 aromatic heterocycles. The maximum absolute atomic E-state index is 13.2. The number of nitrogens with zero attached hydrogens (tertiary/aromatic N) is 3. The highest BCUT2D eigenvalue weighted by Crippen LogP contribution is 2.38. The lowest BCUT2D eigenvalue weighted by molar-refractivity contribution is -0.384. The first-order valence-electron chi connectivity index (χ1n) is 8.10. The lowest BCUT2D eigenvalue weighted by atomic mass is 10.1. The van der Waals surface area contributed by atoms with E-state index in [1.54, 1.807) is 0 Å². The summed E-state index contributed by atoms with van der Waals surface area (Å²) in [6, 6.07) is 8.97. The number of carbonyl (C=O) groups is 1. The number of nitro groups is 1. The molecule has 27 heavy (non-hydrogen) atoms. The largest absolute Gasteiger partial charge is 0.329 e. The fourth-order valence-electron chi connectivity index (χ4n) is 3.64. The van der Waals surface area contributed by atoms with Gasteiger partial charge in [0.2, 0.25) is 0 Å². The fraction of sp³-hybridized carbons (Fsp3) is 0.235. The van der Waals surface area contributed by atoms with Crippen molar-refractivity contribution in [1.29, 1.82) is 0 Å². The molecule has 0 radical (unpaired) electrons. The highest BCUT2D eigenvalue weighted by molar-refractivity contribution is 7.91. The van der Waals surface area contributed by atoms with Crippen LogP contribution >= 0.6 is 0 Å². The quantitative estimate of drug-likeness (QED) is 0.454. The molecule has 140 valence electrons. The fourth-order valence-corrected chi connectivity index (χ4v) is 5.56. The van der Waals surface area contributed by atoms with E-state index in [9.17, 15) is 27.7 Å². The first kappa shape index (κ1) is 17.4. The third-order valence-corrected chi connectivity index (χ3v) is 6.51. The van der Waals surface area contributed by atoms with Gasteiger partial charge in [0.15, 0.2) is 9.84 Å². The van der Waals surface area contributed by atoms with Gasteiger partial charge in [-0.05, 0) is 36.4 Å². The van der Waals surface area contributed by atoms with Gasteiger partial charge in [0.05, 0.1) is 28.5 Å². The number of anilines is 2. The van der Waals surface area contributed by atoms with Crippen LogP contribution in [0.3, 0.4) is 0 Å². The summed E-state index contributed by atoms with van der Waals surface area (Å²) < 4.78 is 37.6. The van der Waals surface area contributed by atoms with Crippen molar-refractivity contribution in [1.82, 2.24) is 0 Å². The molecule has 2 aromatic rings. The van der Waals surface area contributed by atoms with Crippen LogP contribution in [0.2, 0.25) is 0 Å². The minimum atomic E-state index is -3.36. The minimum Gasteiger partial charge on any atom is -0.288 e. The van der Waals surface area contributed by atoms with Crippen molar-refractivity contribution in [2.24, 2.45) is 0 Å². The maximum Gasteiger partial charge on any atom is 0.329 e. The van der Waals surface area contributed by atoms with Crippen LogP contribution in [0.15, 0.2) is 48.5 Å². The summed E-state index contributed by atoms with van der Waals surface area (Å²) in [5.41, 5.74) is 0.650. The molecule has 8 nitrogen and oxygen atoms in total. The molecule has 2 aliphatic heterocycles. The Labute approximate surface area is 153 Å². The molecule has 0 N–H and O–H groups in total. The van der Waals surface area contributed by atoms with Crippen molar-refractivity contribution in [3.05, 3.63) is 64.5 Å². The molecule has 2 amide bonds. The highest BCUT2D eigenvalue weighted by Gasteiger charge is 2.54. The van der Waals surface area contributed by atoms with Gasteiger partial charge in [0.25, 0.3) is 5.69 Å². The lowest BCUT2D eigenvalue weighted by Gasteiger charge is -2.22. The summed E-state index contributed by atoms with van der Waals surface area (Å²) in [5, 5.41) is 10.8. The smallest absolute Gasteiger partial charge is 0.288 e. The van der Waals surface area contributed by atoms with Gasteiger partial charge in [0, 0.05) is 23.5 Å². The van der Waals surface area contributed by atoms with E-state index in [0.717, 1.165) is 0 Å². The van der Waals surface area contributed by atoms with E-state index < -0.39 is 38.7 Å². The number of urea groups is 1. The molecule has 2 fully saturated rings. The van der Waals surface area contributed by atoms with Gasteiger partial charge >= 0.3 is 6.03 Å². The van der Waals surface area contributed by atoms with Crippen LogP contribution in [-0.4, -0.2) is 43.0 Å². The molecule has 2 aliphatic rings. The zero-order valence-corrected chi connectivity index (χ0v) is 14.7.